The zero-order chi connectivity index (χ0) is 18.9. The lowest BCUT2D eigenvalue weighted by atomic mass is 9.80. The van der Waals surface area contributed by atoms with E-state index in [2.05, 4.69) is 65.8 Å². The Morgan fingerprint density at radius 1 is 0.800 bits per heavy atom. The lowest BCUT2D eigenvalue weighted by molar-refractivity contribution is -0.130. The number of amides is 1. The average molecular weight is 338 g/mol. The van der Waals surface area contributed by atoms with Gasteiger partial charge in [0.2, 0.25) is 5.91 Å². The van der Waals surface area contributed by atoms with Crippen LogP contribution in [0.2, 0.25) is 0 Å². The number of likely N-dealkylation sites (N-methyl/N-ethyl adjacent to an activating group) is 1. The van der Waals surface area contributed by atoms with E-state index in [9.17, 15) is 4.79 Å². The first-order chi connectivity index (χ1) is 11.7. The molecule has 134 valence electrons. The number of hydrogen-bond donors (Lipinski definition) is 0. The summed E-state index contributed by atoms with van der Waals surface area (Å²) in [6.07, 6.45) is 0. The third-order valence-electron chi connectivity index (χ3n) is 5.15. The number of benzene rings is 2. The lowest BCUT2D eigenvalue weighted by Gasteiger charge is -2.29. The summed E-state index contributed by atoms with van der Waals surface area (Å²) in [5.41, 5.74) is 9.58. The van der Waals surface area contributed by atoms with Gasteiger partial charge in [-0.3, -0.25) is 4.79 Å². The summed E-state index contributed by atoms with van der Waals surface area (Å²) in [6.45, 7) is 15.5. The topological polar surface area (TPSA) is 20.3 Å². The van der Waals surface area contributed by atoms with Gasteiger partial charge in [0, 0.05) is 13.6 Å². The summed E-state index contributed by atoms with van der Waals surface area (Å²) in [5, 5.41) is 0. The van der Waals surface area contributed by atoms with Crippen LogP contribution in [0.4, 0.5) is 0 Å². The van der Waals surface area contributed by atoms with Crippen LogP contribution >= 0.6 is 0 Å². The minimum atomic E-state index is -0.244. The smallest absolute Gasteiger partial charge is 0.234 e. The number of rotatable bonds is 4. The SMILES string of the molecule is CCN(C)C(=O)C(c1c(C)cc(C)cc1C)c1c(C)cc(C)cc1C. The van der Waals surface area contributed by atoms with E-state index in [1.54, 1.807) is 0 Å². The minimum absolute atomic E-state index is 0.174. The van der Waals surface area contributed by atoms with E-state index < -0.39 is 0 Å². The number of nitrogens with zero attached hydrogens (tertiary/aromatic N) is 1. The van der Waals surface area contributed by atoms with Gasteiger partial charge in [0.05, 0.1) is 5.92 Å². The second-order valence-electron chi connectivity index (χ2n) is 7.41. The van der Waals surface area contributed by atoms with Gasteiger partial charge in [0.25, 0.3) is 0 Å². The van der Waals surface area contributed by atoms with Crippen LogP contribution in [0.15, 0.2) is 24.3 Å². The van der Waals surface area contributed by atoms with Crippen molar-refractivity contribution in [2.75, 3.05) is 13.6 Å². The van der Waals surface area contributed by atoms with Crippen molar-refractivity contribution >= 4 is 5.91 Å². The molecule has 0 heterocycles. The van der Waals surface area contributed by atoms with E-state index in [0.717, 1.165) is 11.1 Å². The molecule has 0 unspecified atom stereocenters. The highest BCUT2D eigenvalue weighted by molar-refractivity contribution is 5.88. The fourth-order valence-corrected chi connectivity index (χ4v) is 4.06. The van der Waals surface area contributed by atoms with E-state index in [-0.39, 0.29) is 11.8 Å². The van der Waals surface area contributed by atoms with Gasteiger partial charge in [-0.1, -0.05) is 35.4 Å². The average Bonchev–Trinajstić information content (AvgIpc) is 2.50. The molecule has 2 nitrogen and oxygen atoms in total. The Balaban J connectivity index is 2.79. The Hall–Kier alpha value is -2.09. The molecule has 0 aliphatic rings. The van der Waals surface area contributed by atoms with Crippen LogP contribution in [0, 0.1) is 41.5 Å². The molecule has 2 rings (SSSR count). The zero-order valence-corrected chi connectivity index (χ0v) is 16.9. The van der Waals surface area contributed by atoms with Crippen molar-refractivity contribution in [1.29, 1.82) is 0 Å². The highest BCUT2D eigenvalue weighted by Crippen LogP contribution is 2.36. The first-order valence-corrected chi connectivity index (χ1v) is 9.07. The molecule has 0 fully saturated rings. The predicted octanol–water partition coefficient (Wildman–Crippen LogP) is 5.15. The van der Waals surface area contributed by atoms with Crippen LogP contribution in [0.5, 0.6) is 0 Å². The minimum Gasteiger partial charge on any atom is -0.345 e. The molecule has 0 aliphatic carbocycles. The third-order valence-corrected chi connectivity index (χ3v) is 5.15. The van der Waals surface area contributed by atoms with Crippen molar-refractivity contribution in [3.05, 3.63) is 68.8 Å². The summed E-state index contributed by atoms with van der Waals surface area (Å²) < 4.78 is 0. The van der Waals surface area contributed by atoms with Crippen molar-refractivity contribution in [2.24, 2.45) is 0 Å². The van der Waals surface area contributed by atoms with E-state index >= 15 is 0 Å². The first kappa shape index (κ1) is 19.2. The van der Waals surface area contributed by atoms with Crippen LogP contribution in [-0.2, 0) is 4.79 Å². The fourth-order valence-electron chi connectivity index (χ4n) is 4.06. The third kappa shape index (κ3) is 3.78. The molecule has 0 saturated carbocycles. The van der Waals surface area contributed by atoms with Gasteiger partial charge in [0.15, 0.2) is 0 Å². The molecule has 0 saturated heterocycles. The highest BCUT2D eigenvalue weighted by Gasteiger charge is 2.30. The van der Waals surface area contributed by atoms with Gasteiger partial charge < -0.3 is 4.90 Å². The highest BCUT2D eigenvalue weighted by atomic mass is 16.2. The van der Waals surface area contributed by atoms with E-state index in [4.69, 9.17) is 0 Å². The monoisotopic (exact) mass is 337 g/mol. The van der Waals surface area contributed by atoms with E-state index in [1.807, 2.05) is 18.9 Å². The number of carbonyl (C=O) groups is 1. The molecular formula is C23H31NO. The van der Waals surface area contributed by atoms with Crippen LogP contribution in [0.25, 0.3) is 0 Å². The Morgan fingerprint density at radius 2 is 1.12 bits per heavy atom. The summed E-state index contributed by atoms with van der Waals surface area (Å²) in [4.78, 5) is 15.2. The standard InChI is InChI=1S/C23H31NO/c1-9-24(8)23(25)22(20-16(4)10-14(2)11-17(20)5)21-18(6)12-15(3)13-19(21)7/h10-13,22H,9H2,1-8H3. The van der Waals surface area contributed by atoms with Gasteiger partial charge in [-0.2, -0.15) is 0 Å². The largest absolute Gasteiger partial charge is 0.345 e. The molecule has 0 bridgehead atoms. The maximum absolute atomic E-state index is 13.4. The first-order valence-electron chi connectivity index (χ1n) is 9.07. The Morgan fingerprint density at radius 3 is 1.40 bits per heavy atom. The Bertz CT molecular complexity index is 700. The molecule has 2 aromatic carbocycles. The van der Waals surface area contributed by atoms with Crippen molar-refractivity contribution < 1.29 is 4.79 Å². The summed E-state index contributed by atoms with van der Waals surface area (Å²) in [5.74, 6) is -0.0706. The molecule has 25 heavy (non-hydrogen) atoms. The van der Waals surface area contributed by atoms with Gasteiger partial charge in [-0.15, -0.1) is 0 Å². The zero-order valence-electron chi connectivity index (χ0n) is 16.9. The Kier molecular flexibility index (Phi) is 5.72. The lowest BCUT2D eigenvalue weighted by Crippen LogP contribution is -2.33. The van der Waals surface area contributed by atoms with Crippen LogP contribution < -0.4 is 0 Å². The van der Waals surface area contributed by atoms with Gasteiger partial charge >= 0.3 is 0 Å². The normalized spacial score (nSPS) is 11.1. The Labute approximate surface area is 152 Å². The van der Waals surface area contributed by atoms with E-state index in [0.29, 0.717) is 6.54 Å². The molecule has 2 heteroatoms. The molecule has 2 aromatic rings. The molecule has 0 aromatic heterocycles. The van der Waals surface area contributed by atoms with Crippen molar-refractivity contribution in [1.82, 2.24) is 4.90 Å². The van der Waals surface area contributed by atoms with Crippen molar-refractivity contribution in [2.45, 2.75) is 54.4 Å². The second-order valence-corrected chi connectivity index (χ2v) is 7.41. The quantitative estimate of drug-likeness (QED) is 0.756. The van der Waals surface area contributed by atoms with Gasteiger partial charge in [-0.05, 0) is 81.8 Å². The van der Waals surface area contributed by atoms with Crippen LogP contribution in [-0.4, -0.2) is 24.4 Å². The molecule has 0 aliphatic heterocycles. The summed E-state index contributed by atoms with van der Waals surface area (Å²) >= 11 is 0. The number of carbonyl (C=O) groups excluding carboxylic acids is 1. The second kappa shape index (κ2) is 7.43. The van der Waals surface area contributed by atoms with Crippen molar-refractivity contribution in [3.63, 3.8) is 0 Å². The van der Waals surface area contributed by atoms with Gasteiger partial charge in [0.1, 0.15) is 0 Å². The predicted molar refractivity (Wildman–Crippen MR) is 106 cm³/mol. The van der Waals surface area contributed by atoms with Gasteiger partial charge in [-0.25, -0.2) is 0 Å². The van der Waals surface area contributed by atoms with Crippen LogP contribution in [0.1, 0.15) is 57.3 Å². The molecule has 0 radical (unpaired) electrons. The molecule has 0 spiro atoms. The molecule has 0 atom stereocenters. The molecule has 0 N–H and O–H groups in total. The van der Waals surface area contributed by atoms with Crippen LogP contribution in [0.3, 0.4) is 0 Å². The summed E-state index contributed by atoms with van der Waals surface area (Å²) in [6, 6.07) is 8.75. The maximum Gasteiger partial charge on any atom is 0.234 e. The maximum atomic E-state index is 13.4. The van der Waals surface area contributed by atoms with E-state index in [1.165, 1.54) is 33.4 Å². The molecular weight excluding hydrogens is 306 g/mol. The van der Waals surface area contributed by atoms with Crippen molar-refractivity contribution in [3.8, 4) is 0 Å². The fraction of sp³-hybridized carbons (Fsp3) is 0.435. The number of hydrogen-bond acceptors (Lipinski definition) is 1. The summed E-state index contributed by atoms with van der Waals surface area (Å²) in [7, 11) is 1.90. The number of aryl methyl sites for hydroxylation is 6. The molecule has 1 amide bonds.